The molecule has 0 unspecified atom stereocenters. The summed E-state index contributed by atoms with van der Waals surface area (Å²) in [4.78, 5) is 15.7. The number of rotatable bonds is 8. The van der Waals surface area contributed by atoms with Gasteiger partial charge in [0.1, 0.15) is 11.6 Å². The average molecular weight is 642 g/mol. The smallest absolute Gasteiger partial charge is 0.345 e. The van der Waals surface area contributed by atoms with Crippen molar-refractivity contribution in [3.8, 4) is 0 Å². The monoisotopic (exact) mass is 640 g/mol. The van der Waals surface area contributed by atoms with Crippen LogP contribution in [-0.2, 0) is 16.8 Å². The molecular weight excluding hydrogens is 606 g/mol. The topological polar surface area (TPSA) is 126 Å². The molecule has 42 heavy (non-hydrogen) atoms. The second-order valence-corrected chi connectivity index (χ2v) is 12.8. The number of piperidine rings is 1. The predicted octanol–water partition coefficient (Wildman–Crippen LogP) is 3.14. The average Bonchev–Trinajstić information content (AvgIpc) is 3.26. The Bertz CT molecular complexity index is 1450. The molecule has 228 valence electrons. The van der Waals surface area contributed by atoms with Gasteiger partial charge in [-0.3, -0.25) is 14.8 Å². The van der Waals surface area contributed by atoms with E-state index in [2.05, 4.69) is 46.0 Å². The van der Waals surface area contributed by atoms with Gasteiger partial charge < -0.3 is 15.3 Å². The predicted molar refractivity (Wildman–Crippen MR) is 164 cm³/mol. The van der Waals surface area contributed by atoms with Crippen LogP contribution in [0.1, 0.15) is 31.7 Å². The number of halogens is 3. The number of hydrogen-bond donors (Lipinski definition) is 3. The molecule has 1 aromatic carbocycles. The summed E-state index contributed by atoms with van der Waals surface area (Å²) in [7, 11) is -3.90. The molecular formula is C27H35Cl2FN8O3S. The summed E-state index contributed by atoms with van der Waals surface area (Å²) < 4.78 is 43.9. The summed E-state index contributed by atoms with van der Waals surface area (Å²) >= 11 is 12.6. The molecule has 2 saturated heterocycles. The number of piperazine rings is 1. The highest BCUT2D eigenvalue weighted by molar-refractivity contribution is 7.89. The van der Waals surface area contributed by atoms with Gasteiger partial charge in [0.2, 0.25) is 0 Å². The van der Waals surface area contributed by atoms with E-state index in [-0.39, 0.29) is 30.6 Å². The van der Waals surface area contributed by atoms with E-state index in [1.165, 1.54) is 6.07 Å². The van der Waals surface area contributed by atoms with Crippen LogP contribution in [-0.4, -0.2) is 97.9 Å². The van der Waals surface area contributed by atoms with Crippen LogP contribution in [0.4, 0.5) is 15.9 Å². The molecule has 1 atom stereocenters. The fraction of sp³-hybridized carbons (Fsp3) is 0.519. The Labute approximate surface area is 255 Å². The molecule has 3 N–H and O–H groups in total. The number of nitrogens with one attached hydrogen (secondary N) is 2. The van der Waals surface area contributed by atoms with Crippen LogP contribution in [0, 0.1) is 5.82 Å². The van der Waals surface area contributed by atoms with Crippen molar-refractivity contribution in [1.29, 1.82) is 0 Å². The van der Waals surface area contributed by atoms with Crippen molar-refractivity contribution in [2.45, 2.75) is 44.8 Å². The van der Waals surface area contributed by atoms with Gasteiger partial charge >= 0.3 is 10.2 Å². The Morgan fingerprint density at radius 3 is 2.67 bits per heavy atom. The molecule has 0 amide bonds. The van der Waals surface area contributed by atoms with Gasteiger partial charge in [0.05, 0.1) is 30.1 Å². The number of likely N-dealkylation sites (tertiary alicyclic amines) is 1. The van der Waals surface area contributed by atoms with Gasteiger partial charge in [0, 0.05) is 48.8 Å². The lowest BCUT2D eigenvalue weighted by molar-refractivity contribution is 0.0607. The lowest BCUT2D eigenvalue weighted by Crippen LogP contribution is -2.58. The van der Waals surface area contributed by atoms with Crippen LogP contribution < -0.4 is 14.9 Å². The van der Waals surface area contributed by atoms with E-state index < -0.39 is 10.2 Å². The van der Waals surface area contributed by atoms with Crippen LogP contribution in [0.2, 0.25) is 10.0 Å². The quantitative estimate of drug-likeness (QED) is 0.402. The second-order valence-electron chi connectivity index (χ2n) is 10.6. The number of aliphatic hydroxyl groups is 1. The van der Waals surface area contributed by atoms with Gasteiger partial charge in [-0.05, 0) is 50.6 Å². The van der Waals surface area contributed by atoms with Gasteiger partial charge in [0.15, 0.2) is 11.7 Å². The first-order valence-corrected chi connectivity index (χ1v) is 16.2. The highest BCUT2D eigenvalue weighted by atomic mass is 35.5. The molecule has 15 heteroatoms. The number of aliphatic imine (C=N–C) groups is 1. The fourth-order valence-corrected chi connectivity index (χ4v) is 7.05. The zero-order valence-electron chi connectivity index (χ0n) is 23.3. The maximum Gasteiger partial charge on any atom is 0.345 e. The highest BCUT2D eigenvalue weighted by Gasteiger charge is 2.34. The summed E-state index contributed by atoms with van der Waals surface area (Å²) in [6.45, 7) is 6.88. The molecule has 3 aliphatic heterocycles. The van der Waals surface area contributed by atoms with Crippen molar-refractivity contribution in [1.82, 2.24) is 19.5 Å². The maximum atomic E-state index is 14.3. The van der Waals surface area contributed by atoms with E-state index in [9.17, 15) is 12.8 Å². The standard InChI is InChI=1S/C27H35Cl2FN8O3S/c1-2-21-17-37(10-11-38(21)22-5-8-36(9-6-22)16-18-3-4-19(28)13-24(18)30)27-23(29)14-20(15-32-27)33-26-25(31-7-12-39)34-42(40,41)35-26/h3-4,13-15,21-22,39H,2,5-12,16-17H2,1H3,(H,31,34)(H,33,35)/t21-/m0/s1. The van der Waals surface area contributed by atoms with Crippen molar-refractivity contribution >= 4 is 56.6 Å². The Kier molecular flexibility index (Phi) is 9.85. The lowest BCUT2D eigenvalue weighted by atomic mass is 9.97. The molecule has 0 bridgehead atoms. The second kappa shape index (κ2) is 13.4. The lowest BCUT2D eigenvalue weighted by Gasteiger charge is -2.47. The molecule has 2 aromatic rings. The zero-order valence-corrected chi connectivity index (χ0v) is 25.6. The number of nitrogens with zero attached hydrogens (tertiary/aromatic N) is 6. The van der Waals surface area contributed by atoms with E-state index in [0.717, 1.165) is 52.0 Å². The molecule has 5 rings (SSSR count). The van der Waals surface area contributed by atoms with E-state index in [0.29, 0.717) is 45.7 Å². The molecule has 3 aliphatic rings. The summed E-state index contributed by atoms with van der Waals surface area (Å²) in [6, 6.07) is 7.39. The van der Waals surface area contributed by atoms with Crippen LogP contribution in [0.3, 0.4) is 0 Å². The summed E-state index contributed by atoms with van der Waals surface area (Å²) in [5.74, 6) is 0.456. The van der Waals surface area contributed by atoms with Crippen molar-refractivity contribution < 1.29 is 17.9 Å². The third-order valence-electron chi connectivity index (χ3n) is 7.85. The van der Waals surface area contributed by atoms with Crippen LogP contribution in [0.25, 0.3) is 0 Å². The van der Waals surface area contributed by atoms with Crippen molar-refractivity contribution in [2.75, 3.05) is 56.1 Å². The minimum Gasteiger partial charge on any atom is -0.394 e. The molecule has 0 saturated carbocycles. The Morgan fingerprint density at radius 1 is 1.19 bits per heavy atom. The summed E-state index contributed by atoms with van der Waals surface area (Å²) in [5, 5.41) is 12.8. The first-order valence-electron chi connectivity index (χ1n) is 14.0. The maximum absolute atomic E-state index is 14.3. The molecule has 0 spiro atoms. The summed E-state index contributed by atoms with van der Waals surface area (Å²) in [6.07, 6.45) is 4.64. The molecule has 2 fully saturated rings. The van der Waals surface area contributed by atoms with E-state index in [1.54, 1.807) is 24.4 Å². The number of benzene rings is 1. The third-order valence-corrected chi connectivity index (χ3v) is 9.24. The summed E-state index contributed by atoms with van der Waals surface area (Å²) in [5.41, 5.74) is 1.14. The van der Waals surface area contributed by atoms with Gasteiger partial charge in [-0.25, -0.2) is 14.1 Å². The first kappa shape index (κ1) is 30.9. The third kappa shape index (κ3) is 7.32. The van der Waals surface area contributed by atoms with Crippen molar-refractivity contribution in [3.05, 3.63) is 51.9 Å². The van der Waals surface area contributed by atoms with Gasteiger partial charge in [-0.2, -0.15) is 8.42 Å². The minimum atomic E-state index is -3.90. The van der Waals surface area contributed by atoms with Crippen molar-refractivity contribution in [3.63, 3.8) is 0 Å². The minimum absolute atomic E-state index is 0.0121. The van der Waals surface area contributed by atoms with E-state index >= 15 is 0 Å². The first-order chi connectivity index (χ1) is 20.2. The number of amidine groups is 2. The normalized spacial score (nSPS) is 22.8. The van der Waals surface area contributed by atoms with Crippen LogP contribution >= 0.6 is 23.2 Å². The van der Waals surface area contributed by atoms with Gasteiger partial charge in [-0.1, -0.05) is 36.2 Å². The number of aliphatic hydroxyl groups excluding tert-OH is 1. The largest absolute Gasteiger partial charge is 0.394 e. The van der Waals surface area contributed by atoms with Gasteiger partial charge in [-0.15, -0.1) is 4.40 Å². The number of hydrogen-bond acceptors (Lipinski definition) is 9. The molecule has 0 radical (unpaired) electrons. The number of anilines is 2. The van der Waals surface area contributed by atoms with E-state index in [4.69, 9.17) is 28.3 Å². The molecule has 1 aromatic heterocycles. The Balaban J connectivity index is 1.18. The Hall–Kier alpha value is -2.55. The number of aromatic nitrogens is 1. The van der Waals surface area contributed by atoms with Crippen LogP contribution in [0.5, 0.6) is 0 Å². The Morgan fingerprint density at radius 2 is 1.98 bits per heavy atom. The molecule has 4 heterocycles. The van der Waals surface area contributed by atoms with E-state index in [1.807, 2.05) is 0 Å². The highest BCUT2D eigenvalue weighted by Crippen LogP contribution is 2.31. The molecule has 11 nitrogen and oxygen atoms in total. The van der Waals surface area contributed by atoms with Crippen molar-refractivity contribution in [2.24, 2.45) is 9.39 Å². The zero-order chi connectivity index (χ0) is 29.9. The van der Waals surface area contributed by atoms with Gasteiger partial charge in [0.25, 0.3) is 0 Å². The molecule has 0 aliphatic carbocycles. The fourth-order valence-electron chi connectivity index (χ4n) is 5.78. The number of pyridine rings is 1. The SMILES string of the molecule is CC[C@H]1CN(c2ncc(NC3=NS(=O)(=O)NC3=NCCO)cc2Cl)CCN1C1CCN(Cc2ccc(Cl)cc2F)CC1. The van der Waals surface area contributed by atoms with Crippen LogP contribution in [0.15, 0.2) is 39.9 Å².